The van der Waals surface area contributed by atoms with E-state index in [-0.39, 0.29) is 11.9 Å². The molecule has 1 N–H and O–H groups in total. The molecule has 0 radical (unpaired) electrons. The molecule has 6 heteroatoms. The number of carbonyl (C=O) groups is 1. The van der Waals surface area contributed by atoms with Crippen molar-refractivity contribution in [1.82, 2.24) is 25.0 Å². The third-order valence-corrected chi connectivity index (χ3v) is 2.58. The van der Waals surface area contributed by atoms with E-state index in [1.54, 1.807) is 15.9 Å². The summed E-state index contributed by atoms with van der Waals surface area (Å²) in [5.74, 6) is 0.880. The number of hydrogen-bond donors (Lipinski definition) is 1. The molecule has 0 aromatic carbocycles. The number of nitrogens with one attached hydrogen (secondary N) is 1. The monoisotopic (exact) mass is 209 g/mol. The van der Waals surface area contributed by atoms with Crippen molar-refractivity contribution in [3.05, 3.63) is 12.2 Å². The highest BCUT2D eigenvalue weighted by atomic mass is 16.2. The third kappa shape index (κ3) is 2.15. The highest BCUT2D eigenvalue weighted by Gasteiger charge is 2.28. The second-order valence-corrected chi connectivity index (χ2v) is 3.82. The minimum absolute atomic E-state index is 0.0705. The van der Waals surface area contributed by atoms with Crippen LogP contribution >= 0.6 is 0 Å². The summed E-state index contributed by atoms with van der Waals surface area (Å²) in [6, 6.07) is -0.0705. The summed E-state index contributed by atoms with van der Waals surface area (Å²) in [4.78, 5) is 17.4. The van der Waals surface area contributed by atoms with Crippen LogP contribution in [-0.4, -0.2) is 45.2 Å². The lowest BCUT2D eigenvalue weighted by atomic mass is 10.2. The molecule has 1 unspecified atom stereocenters. The third-order valence-electron chi connectivity index (χ3n) is 2.58. The maximum atomic E-state index is 11.5. The van der Waals surface area contributed by atoms with Crippen molar-refractivity contribution in [1.29, 1.82) is 0 Å². The highest BCUT2D eigenvalue weighted by Crippen LogP contribution is 2.08. The van der Waals surface area contributed by atoms with Gasteiger partial charge in [0.25, 0.3) is 0 Å². The van der Waals surface area contributed by atoms with Crippen LogP contribution in [0.4, 0.5) is 0 Å². The van der Waals surface area contributed by atoms with Crippen molar-refractivity contribution >= 4 is 5.91 Å². The second-order valence-electron chi connectivity index (χ2n) is 3.82. The molecule has 1 atom stereocenters. The lowest BCUT2D eigenvalue weighted by Gasteiger charge is -2.10. The van der Waals surface area contributed by atoms with E-state index in [4.69, 9.17) is 0 Å². The molecule has 2 heterocycles. The molecule has 2 rings (SSSR count). The number of carbonyl (C=O) groups excluding carboxylic acids is 1. The first-order chi connectivity index (χ1) is 7.16. The Morgan fingerprint density at radius 1 is 1.60 bits per heavy atom. The summed E-state index contributed by atoms with van der Waals surface area (Å²) < 4.78 is 1.65. The molecule has 0 saturated carbocycles. The Kier molecular flexibility index (Phi) is 2.68. The summed E-state index contributed by atoms with van der Waals surface area (Å²) in [7, 11) is 3.65. The first-order valence-electron chi connectivity index (χ1n) is 4.99. The fraction of sp³-hybridized carbons (Fsp3) is 0.667. The summed E-state index contributed by atoms with van der Waals surface area (Å²) in [6.45, 7) is 1.37. The van der Waals surface area contributed by atoms with Crippen molar-refractivity contribution < 1.29 is 4.79 Å². The van der Waals surface area contributed by atoms with Crippen molar-refractivity contribution in [2.75, 3.05) is 13.6 Å². The van der Waals surface area contributed by atoms with E-state index in [1.165, 1.54) is 0 Å². The minimum atomic E-state index is -0.0705. The molecule has 1 saturated heterocycles. The van der Waals surface area contributed by atoms with Gasteiger partial charge >= 0.3 is 0 Å². The quantitative estimate of drug-likeness (QED) is 0.703. The van der Waals surface area contributed by atoms with Gasteiger partial charge in [-0.05, 0) is 6.42 Å². The van der Waals surface area contributed by atoms with Crippen molar-refractivity contribution in [2.24, 2.45) is 7.05 Å². The molecule has 0 spiro atoms. The molecule has 6 nitrogen and oxygen atoms in total. The van der Waals surface area contributed by atoms with Crippen LogP contribution in [0, 0.1) is 0 Å². The number of hydrogen-bond acceptors (Lipinski definition) is 4. The number of likely N-dealkylation sites (N-methyl/N-ethyl adjacent to an activating group) is 1. The molecule has 1 aromatic heterocycles. The predicted octanol–water partition coefficient (Wildman–Crippen LogP) is -0.865. The van der Waals surface area contributed by atoms with Gasteiger partial charge in [-0.15, -0.1) is 0 Å². The maximum Gasteiger partial charge on any atom is 0.239 e. The molecule has 82 valence electrons. The molecular formula is C9H15N5O. The van der Waals surface area contributed by atoms with Gasteiger partial charge in [0.15, 0.2) is 5.82 Å². The smallest absolute Gasteiger partial charge is 0.239 e. The van der Waals surface area contributed by atoms with Crippen LogP contribution in [0.2, 0.25) is 0 Å². The largest absolute Gasteiger partial charge is 0.344 e. The Morgan fingerprint density at radius 2 is 2.40 bits per heavy atom. The molecule has 0 aliphatic carbocycles. The Hall–Kier alpha value is -1.43. The van der Waals surface area contributed by atoms with Crippen LogP contribution in [-0.2, 0) is 18.4 Å². The first kappa shape index (κ1) is 10.1. The highest BCUT2D eigenvalue weighted by molar-refractivity contribution is 5.83. The van der Waals surface area contributed by atoms with Crippen LogP contribution in [0.1, 0.15) is 12.2 Å². The normalized spacial score (nSPS) is 21.3. The predicted molar refractivity (Wildman–Crippen MR) is 53.9 cm³/mol. The zero-order valence-corrected chi connectivity index (χ0v) is 8.97. The fourth-order valence-electron chi connectivity index (χ4n) is 1.69. The molecule has 15 heavy (non-hydrogen) atoms. The average molecular weight is 209 g/mol. The topological polar surface area (TPSA) is 63.1 Å². The van der Waals surface area contributed by atoms with Gasteiger partial charge in [0.2, 0.25) is 5.91 Å². The van der Waals surface area contributed by atoms with Gasteiger partial charge in [-0.2, -0.15) is 5.10 Å². The molecule has 0 bridgehead atoms. The number of amides is 1. The lowest BCUT2D eigenvalue weighted by molar-refractivity contribution is -0.128. The molecule has 1 aromatic rings. The summed E-state index contributed by atoms with van der Waals surface area (Å²) in [5.41, 5.74) is 0. The van der Waals surface area contributed by atoms with Gasteiger partial charge in [0, 0.05) is 20.6 Å². The van der Waals surface area contributed by atoms with Gasteiger partial charge in [-0.25, -0.2) is 4.98 Å². The van der Waals surface area contributed by atoms with E-state index >= 15 is 0 Å². The summed E-state index contributed by atoms with van der Waals surface area (Å²) in [5, 5.41) is 7.30. The average Bonchev–Trinajstić information content (AvgIpc) is 2.74. The van der Waals surface area contributed by atoms with E-state index in [1.807, 2.05) is 14.1 Å². The van der Waals surface area contributed by atoms with Gasteiger partial charge in [0.1, 0.15) is 6.33 Å². The van der Waals surface area contributed by atoms with E-state index in [0.717, 1.165) is 18.8 Å². The molecule has 1 fully saturated rings. The van der Waals surface area contributed by atoms with E-state index < -0.39 is 0 Å². The van der Waals surface area contributed by atoms with E-state index in [2.05, 4.69) is 15.4 Å². The number of rotatable bonds is 3. The zero-order chi connectivity index (χ0) is 10.8. The number of aryl methyl sites for hydroxylation is 1. The maximum absolute atomic E-state index is 11.5. The molecular weight excluding hydrogens is 194 g/mol. The molecule has 1 amide bonds. The van der Waals surface area contributed by atoms with Crippen molar-refractivity contribution in [2.45, 2.75) is 19.0 Å². The first-order valence-corrected chi connectivity index (χ1v) is 4.99. The van der Waals surface area contributed by atoms with Crippen LogP contribution in [0.25, 0.3) is 0 Å². The Labute approximate surface area is 88.3 Å². The van der Waals surface area contributed by atoms with Gasteiger partial charge < -0.3 is 4.90 Å². The van der Waals surface area contributed by atoms with Crippen LogP contribution in [0.3, 0.4) is 0 Å². The van der Waals surface area contributed by atoms with Crippen molar-refractivity contribution in [3.63, 3.8) is 0 Å². The zero-order valence-electron chi connectivity index (χ0n) is 8.97. The molecule has 1 aliphatic rings. The Bertz CT molecular complexity index is 361. The van der Waals surface area contributed by atoms with Gasteiger partial charge in [0.05, 0.1) is 12.6 Å². The second kappa shape index (κ2) is 3.98. The van der Waals surface area contributed by atoms with E-state index in [9.17, 15) is 4.79 Å². The lowest BCUT2D eigenvalue weighted by Crippen LogP contribution is -2.36. The SMILES string of the molecule is CN1CCC(NCc2ncn(C)n2)C1=O. The number of likely N-dealkylation sites (tertiary alicyclic amines) is 1. The number of nitrogens with zero attached hydrogens (tertiary/aromatic N) is 4. The fourth-order valence-corrected chi connectivity index (χ4v) is 1.69. The number of aromatic nitrogens is 3. The van der Waals surface area contributed by atoms with Gasteiger partial charge in [-0.3, -0.25) is 14.8 Å². The Balaban J connectivity index is 1.86. The standard InChI is InChI=1S/C9H15N5O/c1-13-4-3-7(9(13)15)10-5-8-11-6-14(2)12-8/h6-7,10H,3-5H2,1-2H3. The van der Waals surface area contributed by atoms with Crippen molar-refractivity contribution in [3.8, 4) is 0 Å². The molecule has 1 aliphatic heterocycles. The van der Waals surface area contributed by atoms with Crippen LogP contribution < -0.4 is 5.32 Å². The summed E-state index contributed by atoms with van der Waals surface area (Å²) >= 11 is 0. The minimum Gasteiger partial charge on any atom is -0.344 e. The van der Waals surface area contributed by atoms with E-state index in [0.29, 0.717) is 6.54 Å². The van der Waals surface area contributed by atoms with Crippen LogP contribution in [0.15, 0.2) is 6.33 Å². The van der Waals surface area contributed by atoms with Crippen LogP contribution in [0.5, 0.6) is 0 Å². The summed E-state index contributed by atoms with van der Waals surface area (Å²) in [6.07, 6.45) is 2.52. The van der Waals surface area contributed by atoms with Gasteiger partial charge in [-0.1, -0.05) is 0 Å². The Morgan fingerprint density at radius 3 is 2.93 bits per heavy atom.